The Balaban J connectivity index is 1.98. The molecule has 0 aliphatic rings. The summed E-state index contributed by atoms with van der Waals surface area (Å²) in [7, 11) is 0. The fourth-order valence-corrected chi connectivity index (χ4v) is 2.53. The fraction of sp³-hybridized carbons (Fsp3) is 0.286. The van der Waals surface area contributed by atoms with Crippen LogP contribution in [0.1, 0.15) is 43.6 Å². The number of rotatable bonds is 5. The van der Waals surface area contributed by atoms with Crippen molar-refractivity contribution >= 4 is 29.2 Å². The van der Waals surface area contributed by atoms with Crippen molar-refractivity contribution in [2.75, 3.05) is 10.6 Å². The number of hydrogen-bond donors (Lipinski definition) is 4. The lowest BCUT2D eigenvalue weighted by atomic mass is 9.86. The lowest BCUT2D eigenvalue weighted by Crippen LogP contribution is -2.41. The summed E-state index contributed by atoms with van der Waals surface area (Å²) in [6.07, 6.45) is 0. The van der Waals surface area contributed by atoms with E-state index < -0.39 is 12.1 Å². The van der Waals surface area contributed by atoms with Gasteiger partial charge in [0.1, 0.15) is 6.04 Å². The topological polar surface area (TPSA) is 113 Å². The van der Waals surface area contributed by atoms with Crippen molar-refractivity contribution in [3.8, 4) is 0 Å². The smallest absolute Gasteiger partial charge is 0.316 e. The zero-order valence-corrected chi connectivity index (χ0v) is 16.5. The fourth-order valence-electron chi connectivity index (χ4n) is 2.53. The first-order valence-electron chi connectivity index (χ1n) is 8.95. The highest BCUT2D eigenvalue weighted by Gasteiger charge is 2.18. The van der Waals surface area contributed by atoms with Crippen molar-refractivity contribution < 1.29 is 14.4 Å². The van der Waals surface area contributed by atoms with Gasteiger partial charge in [0, 0.05) is 16.9 Å². The Morgan fingerprint density at radius 2 is 1.50 bits per heavy atom. The number of carbonyl (C=O) groups excluding carboxylic acids is 3. The molecule has 0 radical (unpaired) electrons. The zero-order valence-electron chi connectivity index (χ0n) is 16.5. The van der Waals surface area contributed by atoms with E-state index in [1.807, 2.05) is 12.1 Å². The monoisotopic (exact) mass is 382 g/mol. The Morgan fingerprint density at radius 1 is 0.929 bits per heavy atom. The molecule has 1 atom stereocenters. The summed E-state index contributed by atoms with van der Waals surface area (Å²) in [5.74, 6) is -0.705. The van der Waals surface area contributed by atoms with Crippen molar-refractivity contribution in [2.24, 2.45) is 5.73 Å². The van der Waals surface area contributed by atoms with Gasteiger partial charge < -0.3 is 21.7 Å². The van der Waals surface area contributed by atoms with Gasteiger partial charge in [-0.3, -0.25) is 9.59 Å². The molecule has 0 bridgehead atoms. The van der Waals surface area contributed by atoms with Crippen LogP contribution in [0.3, 0.4) is 0 Å². The summed E-state index contributed by atoms with van der Waals surface area (Å²) in [5.41, 5.74) is 7.63. The molecule has 1 unspecified atom stereocenters. The van der Waals surface area contributed by atoms with Crippen LogP contribution in [-0.4, -0.2) is 23.9 Å². The molecule has 7 nitrogen and oxygen atoms in total. The van der Waals surface area contributed by atoms with E-state index in [0.717, 1.165) is 5.56 Å². The van der Waals surface area contributed by atoms with Gasteiger partial charge in [0.2, 0.25) is 5.91 Å². The Bertz CT molecular complexity index is 870. The average molecular weight is 382 g/mol. The van der Waals surface area contributed by atoms with E-state index in [4.69, 9.17) is 5.73 Å². The normalized spacial score (nSPS) is 12.0. The van der Waals surface area contributed by atoms with Crippen LogP contribution in [0.25, 0.3) is 0 Å². The van der Waals surface area contributed by atoms with Gasteiger partial charge in [0.25, 0.3) is 5.91 Å². The zero-order chi connectivity index (χ0) is 20.9. The van der Waals surface area contributed by atoms with Crippen LogP contribution in [0.15, 0.2) is 48.5 Å². The highest BCUT2D eigenvalue weighted by molar-refractivity contribution is 6.01. The number of benzene rings is 2. The lowest BCUT2D eigenvalue weighted by molar-refractivity contribution is -0.117. The quantitative estimate of drug-likeness (QED) is 0.636. The predicted molar refractivity (Wildman–Crippen MR) is 110 cm³/mol. The maximum atomic E-state index is 12.4. The highest BCUT2D eigenvalue weighted by atomic mass is 16.2. The van der Waals surface area contributed by atoms with Crippen LogP contribution < -0.4 is 21.7 Å². The van der Waals surface area contributed by atoms with Crippen molar-refractivity contribution in [1.82, 2.24) is 5.32 Å². The highest BCUT2D eigenvalue weighted by Crippen LogP contribution is 2.22. The van der Waals surface area contributed by atoms with E-state index in [-0.39, 0.29) is 17.2 Å². The number of nitrogens with one attached hydrogen (secondary N) is 3. The predicted octanol–water partition coefficient (Wildman–Crippen LogP) is 3.23. The molecule has 0 spiro atoms. The number of primary amides is 1. The maximum Gasteiger partial charge on any atom is 0.316 e. The number of amides is 4. The van der Waals surface area contributed by atoms with Crippen molar-refractivity contribution in [2.45, 2.75) is 39.2 Å². The minimum absolute atomic E-state index is 0.0000908. The molecule has 0 saturated carbocycles. The molecule has 2 aromatic rings. The molecule has 0 heterocycles. The van der Waals surface area contributed by atoms with Crippen LogP contribution >= 0.6 is 0 Å². The molecule has 148 valence electrons. The molecule has 7 heteroatoms. The van der Waals surface area contributed by atoms with Gasteiger partial charge in [-0.25, -0.2) is 4.79 Å². The molecule has 0 aliphatic carbocycles. The summed E-state index contributed by atoms with van der Waals surface area (Å²) < 4.78 is 0. The summed E-state index contributed by atoms with van der Waals surface area (Å²) >= 11 is 0. The minimum Gasteiger partial charge on any atom is -0.351 e. The van der Waals surface area contributed by atoms with Crippen LogP contribution in [-0.2, 0) is 10.2 Å². The summed E-state index contributed by atoms with van der Waals surface area (Å²) in [4.78, 5) is 35.7. The second kappa shape index (κ2) is 8.56. The molecular formula is C21H26N4O3. The first kappa shape index (κ1) is 21.0. The minimum atomic E-state index is -0.748. The largest absolute Gasteiger partial charge is 0.351 e. The van der Waals surface area contributed by atoms with Gasteiger partial charge >= 0.3 is 6.03 Å². The van der Waals surface area contributed by atoms with Crippen LogP contribution in [0.2, 0.25) is 0 Å². The van der Waals surface area contributed by atoms with Gasteiger partial charge in [-0.1, -0.05) is 39.0 Å². The molecular weight excluding hydrogens is 356 g/mol. The SMILES string of the molecule is CC(NC(=O)c1ccc(C(C)(C)C)cc1)C(=O)Nc1cccc(NC(N)=O)c1. The lowest BCUT2D eigenvalue weighted by Gasteiger charge is -2.19. The van der Waals surface area contributed by atoms with E-state index in [1.54, 1.807) is 43.3 Å². The molecule has 0 aliphatic heterocycles. The van der Waals surface area contributed by atoms with E-state index in [1.165, 1.54) is 0 Å². The molecule has 2 rings (SSSR count). The second-order valence-electron chi connectivity index (χ2n) is 7.58. The van der Waals surface area contributed by atoms with E-state index >= 15 is 0 Å². The maximum absolute atomic E-state index is 12.4. The van der Waals surface area contributed by atoms with Crippen LogP contribution in [0.5, 0.6) is 0 Å². The molecule has 4 amide bonds. The first-order chi connectivity index (χ1) is 13.1. The third-order valence-corrected chi connectivity index (χ3v) is 4.15. The molecule has 28 heavy (non-hydrogen) atoms. The van der Waals surface area contributed by atoms with Gasteiger partial charge in [0.15, 0.2) is 0 Å². The Kier molecular flexibility index (Phi) is 6.41. The van der Waals surface area contributed by atoms with Crippen LogP contribution in [0, 0.1) is 0 Å². The van der Waals surface area contributed by atoms with Crippen LogP contribution in [0.4, 0.5) is 16.2 Å². The molecule has 0 fully saturated rings. The third kappa shape index (κ3) is 5.84. The summed E-state index contributed by atoms with van der Waals surface area (Å²) in [6.45, 7) is 7.90. The third-order valence-electron chi connectivity index (χ3n) is 4.15. The molecule has 0 saturated heterocycles. The summed E-state index contributed by atoms with van der Waals surface area (Å²) in [6, 6.07) is 12.4. The first-order valence-corrected chi connectivity index (χ1v) is 8.95. The van der Waals surface area contributed by atoms with E-state index in [2.05, 4.69) is 36.7 Å². The van der Waals surface area contributed by atoms with Crippen molar-refractivity contribution in [3.05, 3.63) is 59.7 Å². The Hall–Kier alpha value is -3.35. The van der Waals surface area contributed by atoms with Gasteiger partial charge in [0.05, 0.1) is 0 Å². The average Bonchev–Trinajstić information content (AvgIpc) is 2.60. The number of nitrogens with two attached hydrogens (primary N) is 1. The van der Waals surface area contributed by atoms with Gasteiger partial charge in [-0.2, -0.15) is 0 Å². The van der Waals surface area contributed by atoms with E-state index in [9.17, 15) is 14.4 Å². The number of hydrogen-bond acceptors (Lipinski definition) is 3. The molecule has 5 N–H and O–H groups in total. The second-order valence-corrected chi connectivity index (χ2v) is 7.58. The van der Waals surface area contributed by atoms with Crippen molar-refractivity contribution in [1.29, 1.82) is 0 Å². The number of anilines is 2. The summed E-state index contributed by atoms with van der Waals surface area (Å²) in [5, 5.41) is 7.81. The standard InChI is InChI=1S/C21H26N4O3/c1-13(18(26)24-16-6-5-7-17(12-16)25-20(22)28)23-19(27)14-8-10-15(11-9-14)21(2,3)4/h5-13H,1-4H3,(H,23,27)(H,24,26)(H3,22,25,28). The number of carbonyl (C=O) groups is 3. The Labute approximate surface area is 164 Å². The molecule has 2 aromatic carbocycles. The number of urea groups is 1. The van der Waals surface area contributed by atoms with E-state index in [0.29, 0.717) is 16.9 Å². The molecule has 0 aromatic heterocycles. The van der Waals surface area contributed by atoms with Gasteiger partial charge in [-0.15, -0.1) is 0 Å². The Morgan fingerprint density at radius 3 is 2.04 bits per heavy atom. The van der Waals surface area contributed by atoms with Gasteiger partial charge in [-0.05, 0) is 48.2 Å². The van der Waals surface area contributed by atoms with Crippen molar-refractivity contribution in [3.63, 3.8) is 0 Å².